The van der Waals surface area contributed by atoms with E-state index in [0.29, 0.717) is 18.1 Å². The number of ether oxygens (including phenoxy) is 3. The van der Waals surface area contributed by atoms with Crippen LogP contribution in [0.25, 0.3) is 0 Å². The van der Waals surface area contributed by atoms with Crippen molar-refractivity contribution < 1.29 is 38.2 Å². The number of fused-ring (bicyclic) bond motifs is 1. The van der Waals surface area contributed by atoms with Gasteiger partial charge in [0.05, 0.1) is 11.5 Å². The highest BCUT2D eigenvalue weighted by molar-refractivity contribution is 8.05. The second-order valence-electron chi connectivity index (χ2n) is 10.8. The zero-order chi connectivity index (χ0) is 29.8. The van der Waals surface area contributed by atoms with Gasteiger partial charge in [0.15, 0.2) is 10.8 Å². The monoisotopic (exact) mass is 629 g/mol. The molecule has 16 heteroatoms. The van der Waals surface area contributed by atoms with Gasteiger partial charge in [-0.15, -0.1) is 34.9 Å². The number of nitrogens with one attached hydrogen (secondary N) is 1. The average Bonchev–Trinajstić information content (AvgIpc) is 3.38. The lowest BCUT2D eigenvalue weighted by atomic mass is 9.98. The topological polar surface area (TPSA) is 172 Å². The van der Waals surface area contributed by atoms with Crippen molar-refractivity contribution in [2.75, 3.05) is 44.3 Å². The third-order valence-electron chi connectivity index (χ3n) is 6.69. The number of oxime groups is 1. The highest BCUT2D eigenvalue weighted by atomic mass is 32.2. The summed E-state index contributed by atoms with van der Waals surface area (Å²) < 4.78 is 15.3. The molecule has 3 N–H and O–H groups in total. The van der Waals surface area contributed by atoms with Crippen LogP contribution in [0.2, 0.25) is 0 Å². The van der Waals surface area contributed by atoms with Crippen LogP contribution >= 0.6 is 34.9 Å². The molecule has 4 atom stereocenters. The summed E-state index contributed by atoms with van der Waals surface area (Å²) in [6.45, 7) is 5.37. The number of esters is 2. The van der Waals surface area contributed by atoms with E-state index in [0.717, 1.165) is 30.6 Å². The van der Waals surface area contributed by atoms with E-state index in [9.17, 15) is 19.2 Å². The van der Waals surface area contributed by atoms with E-state index in [1.807, 2.05) is 0 Å². The predicted molar refractivity (Wildman–Crippen MR) is 155 cm³/mol. The molecule has 3 aliphatic heterocycles. The Kier molecular flexibility index (Phi) is 10.1. The molecule has 3 saturated heterocycles. The van der Waals surface area contributed by atoms with Crippen LogP contribution < -0.4 is 11.1 Å². The number of nitrogens with two attached hydrogens (primary N) is 1. The molecule has 0 bridgehead atoms. The number of rotatable bonds is 10. The van der Waals surface area contributed by atoms with Crippen LogP contribution in [0, 0.1) is 5.41 Å². The molecule has 1 aromatic heterocycles. The van der Waals surface area contributed by atoms with Crippen LogP contribution in [0.1, 0.15) is 45.7 Å². The lowest BCUT2D eigenvalue weighted by Crippen LogP contribution is -2.75. The quantitative estimate of drug-likeness (QED) is 0.126. The van der Waals surface area contributed by atoms with Gasteiger partial charge in [-0.2, -0.15) is 0 Å². The fourth-order valence-corrected chi connectivity index (χ4v) is 8.04. The van der Waals surface area contributed by atoms with Gasteiger partial charge in [-0.05, 0) is 40.0 Å². The molecule has 13 nitrogen and oxygen atoms in total. The first-order valence-electron chi connectivity index (χ1n) is 13.1. The van der Waals surface area contributed by atoms with Crippen LogP contribution in [0.4, 0.5) is 5.13 Å². The number of carbonyl (C=O) groups excluding carboxylic acids is 4. The van der Waals surface area contributed by atoms with Crippen LogP contribution in [0.5, 0.6) is 0 Å². The van der Waals surface area contributed by atoms with E-state index in [4.69, 9.17) is 24.8 Å². The van der Waals surface area contributed by atoms with Crippen molar-refractivity contribution in [2.45, 2.75) is 62.3 Å². The molecule has 0 spiro atoms. The third-order valence-corrected chi connectivity index (χ3v) is 10.6. The fraction of sp³-hybridized carbons (Fsp3) is 0.680. The van der Waals surface area contributed by atoms with Crippen LogP contribution in [-0.2, 0) is 38.2 Å². The molecule has 226 valence electrons. The Bertz CT molecular complexity index is 1180. The molecule has 4 heterocycles. The SMILES string of the molecule is CON=C(C(=O)NC1C(=O)N2CC(SCC3CCCCO3)(C(=O)OCOC(=O)C(C)(C)C)CS[C@H]12)c1csc(N)n1. The van der Waals surface area contributed by atoms with Crippen molar-refractivity contribution in [1.29, 1.82) is 0 Å². The van der Waals surface area contributed by atoms with Crippen molar-refractivity contribution in [3.8, 4) is 0 Å². The standard InChI is InChI=1S/C25H35N5O8S3/c1-24(2,3)21(33)37-13-38-22(34)25(41-9-14-7-5-6-8-36-14)11-30-19(32)17(20(30)40-12-25)28-18(31)16(29-35-4)15-10-39-23(26)27-15/h10,14,17,20H,5-9,11-13H2,1-4H3,(H2,26,27)(H,28,31)/t14?,17?,20-,25?/m1/s1. The van der Waals surface area contributed by atoms with Gasteiger partial charge in [0.1, 0.15) is 29.0 Å². The summed E-state index contributed by atoms with van der Waals surface area (Å²) in [5, 5.41) is 7.94. The predicted octanol–water partition coefficient (Wildman–Crippen LogP) is 1.61. The Hall–Kier alpha value is -2.56. The van der Waals surface area contributed by atoms with E-state index in [2.05, 4.69) is 15.5 Å². The second-order valence-corrected chi connectivity index (χ2v) is 14.2. The normalized spacial score (nSPS) is 26.4. The smallest absolute Gasteiger partial charge is 0.327 e. The molecule has 3 unspecified atom stereocenters. The summed E-state index contributed by atoms with van der Waals surface area (Å²) in [6, 6.07) is -0.820. The number of nitrogen functional groups attached to an aromatic ring is 1. The highest BCUT2D eigenvalue weighted by Crippen LogP contribution is 2.45. The first-order valence-corrected chi connectivity index (χ1v) is 16.0. The number of carbonyl (C=O) groups is 4. The minimum absolute atomic E-state index is 0.00256. The molecular formula is C25H35N5O8S3. The Morgan fingerprint density at radius 3 is 2.73 bits per heavy atom. The van der Waals surface area contributed by atoms with Crippen LogP contribution in [0.3, 0.4) is 0 Å². The van der Waals surface area contributed by atoms with Crippen molar-refractivity contribution in [1.82, 2.24) is 15.2 Å². The van der Waals surface area contributed by atoms with E-state index in [-0.39, 0.29) is 40.5 Å². The molecule has 0 saturated carbocycles. The Labute approximate surface area is 250 Å². The maximum absolute atomic E-state index is 13.4. The zero-order valence-electron chi connectivity index (χ0n) is 23.4. The summed E-state index contributed by atoms with van der Waals surface area (Å²) in [7, 11) is 1.30. The lowest BCUT2D eigenvalue weighted by molar-refractivity contribution is -0.175. The largest absolute Gasteiger partial charge is 0.427 e. The van der Waals surface area contributed by atoms with E-state index >= 15 is 0 Å². The van der Waals surface area contributed by atoms with Crippen molar-refractivity contribution in [3.63, 3.8) is 0 Å². The summed E-state index contributed by atoms with van der Waals surface area (Å²) in [5.74, 6) is -1.15. The molecule has 2 amide bonds. The number of β-lactam (4-membered cyclic amide) rings is 1. The maximum atomic E-state index is 13.4. The summed E-state index contributed by atoms with van der Waals surface area (Å²) >= 11 is 3.92. The van der Waals surface area contributed by atoms with Gasteiger partial charge in [-0.3, -0.25) is 19.2 Å². The van der Waals surface area contributed by atoms with Crippen LogP contribution in [-0.4, -0.2) is 100 Å². The molecule has 1 aromatic rings. The van der Waals surface area contributed by atoms with Gasteiger partial charge < -0.3 is 35.0 Å². The van der Waals surface area contributed by atoms with Gasteiger partial charge in [0.25, 0.3) is 5.91 Å². The Morgan fingerprint density at radius 2 is 2.10 bits per heavy atom. The summed E-state index contributed by atoms with van der Waals surface area (Å²) in [6.07, 6.45) is 2.95. The molecule has 0 aliphatic carbocycles. The molecule has 4 rings (SSSR count). The Morgan fingerprint density at radius 1 is 1.32 bits per heavy atom. The molecule has 0 aromatic carbocycles. The number of hydrogen-bond donors (Lipinski definition) is 2. The van der Waals surface area contributed by atoms with E-state index in [1.54, 1.807) is 31.1 Å². The molecule has 41 heavy (non-hydrogen) atoms. The minimum Gasteiger partial charge on any atom is -0.427 e. The number of thiazole rings is 1. The van der Waals surface area contributed by atoms with Gasteiger partial charge in [-0.25, -0.2) is 4.98 Å². The molecule has 3 aliphatic rings. The van der Waals surface area contributed by atoms with Crippen molar-refractivity contribution in [3.05, 3.63) is 11.1 Å². The Balaban J connectivity index is 1.42. The fourth-order valence-electron chi connectivity index (χ4n) is 4.40. The van der Waals surface area contributed by atoms with Crippen molar-refractivity contribution >= 4 is 69.5 Å². The van der Waals surface area contributed by atoms with E-state index < -0.39 is 40.8 Å². The zero-order valence-corrected chi connectivity index (χ0v) is 25.8. The number of thioether (sulfide) groups is 2. The minimum atomic E-state index is -1.10. The first kappa shape index (κ1) is 31.4. The number of nitrogens with zero attached hydrogens (tertiary/aromatic N) is 3. The summed E-state index contributed by atoms with van der Waals surface area (Å²) in [5.41, 5.74) is 5.09. The highest BCUT2D eigenvalue weighted by Gasteiger charge is 2.58. The van der Waals surface area contributed by atoms with Gasteiger partial charge in [0.2, 0.25) is 12.7 Å². The number of amides is 2. The number of hydrogen-bond acceptors (Lipinski definition) is 14. The lowest BCUT2D eigenvalue weighted by Gasteiger charge is -2.53. The third kappa shape index (κ3) is 7.27. The van der Waals surface area contributed by atoms with Crippen LogP contribution in [0.15, 0.2) is 10.5 Å². The van der Waals surface area contributed by atoms with Gasteiger partial charge >= 0.3 is 11.9 Å². The van der Waals surface area contributed by atoms with Gasteiger partial charge in [-0.1, -0.05) is 5.16 Å². The van der Waals surface area contributed by atoms with Crippen molar-refractivity contribution in [2.24, 2.45) is 10.6 Å². The van der Waals surface area contributed by atoms with E-state index in [1.165, 1.54) is 30.6 Å². The number of anilines is 1. The second kappa shape index (κ2) is 13.2. The summed E-state index contributed by atoms with van der Waals surface area (Å²) in [4.78, 5) is 62.3. The number of aromatic nitrogens is 1. The molecule has 0 radical (unpaired) electrons. The van der Waals surface area contributed by atoms with Gasteiger partial charge in [0, 0.05) is 30.0 Å². The maximum Gasteiger partial charge on any atom is 0.327 e. The average molecular weight is 630 g/mol. The molecular weight excluding hydrogens is 595 g/mol. The first-order chi connectivity index (χ1) is 19.4. The molecule has 3 fully saturated rings.